The van der Waals surface area contributed by atoms with Crippen LogP contribution in [0, 0.1) is 22.7 Å². The van der Waals surface area contributed by atoms with E-state index >= 15 is 0 Å². The Morgan fingerprint density at radius 3 is 1.46 bits per heavy atom. The Morgan fingerprint density at radius 2 is 1.21 bits per heavy atom. The van der Waals surface area contributed by atoms with Crippen LogP contribution in [0.5, 0.6) is 0 Å². The molecule has 0 radical (unpaired) electrons. The maximum absolute atomic E-state index is 11.6. The van der Waals surface area contributed by atoms with Gasteiger partial charge in [0, 0.05) is 0 Å². The van der Waals surface area contributed by atoms with Crippen LogP contribution in [0.3, 0.4) is 0 Å². The van der Waals surface area contributed by atoms with Gasteiger partial charge in [0.25, 0.3) is 0 Å². The third-order valence-corrected chi connectivity index (χ3v) is 2.79. The largest absolute Gasteiger partial charge is 0.462 e. The second-order valence-corrected chi connectivity index (χ2v) is 4.45. The molecule has 0 unspecified atom stereocenters. The van der Waals surface area contributed by atoms with Crippen LogP contribution in [-0.2, 0) is 19.1 Å². The summed E-state index contributed by atoms with van der Waals surface area (Å²) in [5, 5.41) is 18.0. The van der Waals surface area contributed by atoms with Gasteiger partial charge in [-0.3, -0.25) is 0 Å². The third-order valence-electron chi connectivity index (χ3n) is 2.79. The third kappa shape index (κ3) is 5.43. The second kappa shape index (κ2) is 9.60. The summed E-state index contributed by atoms with van der Waals surface area (Å²) in [6, 6.07) is 10.2. The highest BCUT2D eigenvalue weighted by molar-refractivity contribution is 5.98. The molecular weight excluding hydrogens is 308 g/mol. The van der Waals surface area contributed by atoms with E-state index in [2.05, 4.69) is 0 Å². The summed E-state index contributed by atoms with van der Waals surface area (Å²) in [4.78, 5) is 23.1. The highest BCUT2D eigenvalue weighted by atomic mass is 16.5. The first-order valence-corrected chi connectivity index (χ1v) is 7.23. The maximum Gasteiger partial charge on any atom is 0.348 e. The average Bonchev–Trinajstić information content (AvgIpc) is 2.59. The summed E-state index contributed by atoms with van der Waals surface area (Å²) in [7, 11) is 0. The summed E-state index contributed by atoms with van der Waals surface area (Å²) in [6.45, 7) is 3.69. The Kier molecular flexibility index (Phi) is 7.47. The van der Waals surface area contributed by atoms with Gasteiger partial charge in [0.1, 0.15) is 23.3 Å². The average molecular weight is 324 g/mol. The summed E-state index contributed by atoms with van der Waals surface area (Å²) in [5.41, 5.74) is 1.02. The minimum absolute atomic E-state index is 0.107. The van der Waals surface area contributed by atoms with E-state index in [0.29, 0.717) is 11.1 Å². The SMILES string of the molecule is CCOC(=O)/C(C#N)=C\c1ccc(/C=C(\C#N)C(=O)OCC)cc1. The van der Waals surface area contributed by atoms with Gasteiger partial charge in [-0.25, -0.2) is 9.59 Å². The molecule has 0 spiro atoms. The van der Waals surface area contributed by atoms with Crippen molar-refractivity contribution in [2.45, 2.75) is 13.8 Å². The summed E-state index contributed by atoms with van der Waals surface area (Å²) in [6.07, 6.45) is 2.81. The Hall–Kier alpha value is -3.38. The molecule has 0 heterocycles. The number of hydrogen-bond donors (Lipinski definition) is 0. The highest BCUT2D eigenvalue weighted by Gasteiger charge is 2.11. The zero-order chi connectivity index (χ0) is 17.9. The molecule has 6 nitrogen and oxygen atoms in total. The number of esters is 2. The van der Waals surface area contributed by atoms with Crippen molar-refractivity contribution in [3.05, 3.63) is 46.5 Å². The zero-order valence-electron chi connectivity index (χ0n) is 13.4. The molecule has 0 aliphatic heterocycles. The van der Waals surface area contributed by atoms with Gasteiger partial charge in [-0.1, -0.05) is 24.3 Å². The number of carbonyl (C=O) groups excluding carboxylic acids is 2. The van der Waals surface area contributed by atoms with Gasteiger partial charge in [0.05, 0.1) is 13.2 Å². The lowest BCUT2D eigenvalue weighted by Gasteiger charge is -2.01. The maximum atomic E-state index is 11.6. The van der Waals surface area contributed by atoms with Crippen molar-refractivity contribution in [3.63, 3.8) is 0 Å². The Morgan fingerprint density at radius 1 is 0.875 bits per heavy atom. The van der Waals surface area contributed by atoms with E-state index < -0.39 is 11.9 Å². The number of hydrogen-bond acceptors (Lipinski definition) is 6. The van der Waals surface area contributed by atoms with Crippen LogP contribution in [0.25, 0.3) is 12.2 Å². The number of benzene rings is 1. The van der Waals surface area contributed by atoms with Crippen LogP contribution in [0.15, 0.2) is 35.4 Å². The van der Waals surface area contributed by atoms with E-state index in [1.54, 1.807) is 50.3 Å². The standard InChI is InChI=1S/C18H16N2O4/c1-3-23-17(21)15(11-19)9-13-5-7-14(8-6-13)10-16(12-20)18(22)24-4-2/h5-10H,3-4H2,1-2H3/b15-9-,16-10+. The fraction of sp³-hybridized carbons (Fsp3) is 0.222. The first-order valence-electron chi connectivity index (χ1n) is 7.23. The molecule has 0 aliphatic carbocycles. The molecule has 122 valence electrons. The number of ether oxygens (including phenoxy) is 2. The smallest absolute Gasteiger partial charge is 0.348 e. The van der Waals surface area contributed by atoms with Crippen LogP contribution in [-0.4, -0.2) is 25.2 Å². The topological polar surface area (TPSA) is 100 Å². The molecule has 6 heteroatoms. The summed E-state index contributed by atoms with van der Waals surface area (Å²) >= 11 is 0. The van der Waals surface area contributed by atoms with Crippen molar-refractivity contribution >= 4 is 24.1 Å². The Balaban J connectivity index is 3.01. The lowest BCUT2D eigenvalue weighted by Crippen LogP contribution is -2.06. The predicted octanol–water partition coefficient (Wildman–Crippen LogP) is 2.63. The molecule has 0 bridgehead atoms. The van der Waals surface area contributed by atoms with Gasteiger partial charge >= 0.3 is 11.9 Å². The molecule has 0 aromatic heterocycles. The molecular formula is C18H16N2O4. The number of nitriles is 2. The number of nitrogens with zero attached hydrogens (tertiary/aromatic N) is 2. The van der Waals surface area contributed by atoms with E-state index in [9.17, 15) is 9.59 Å². The Labute approximate surface area is 140 Å². The molecule has 1 rings (SSSR count). The van der Waals surface area contributed by atoms with Crippen molar-refractivity contribution in [3.8, 4) is 12.1 Å². The zero-order valence-corrected chi connectivity index (χ0v) is 13.4. The molecule has 0 amide bonds. The Bertz CT molecular complexity index is 682. The van der Waals surface area contributed by atoms with E-state index in [0.717, 1.165) is 0 Å². The van der Waals surface area contributed by atoms with Crippen LogP contribution in [0.4, 0.5) is 0 Å². The number of rotatable bonds is 6. The van der Waals surface area contributed by atoms with Gasteiger partial charge < -0.3 is 9.47 Å². The van der Waals surface area contributed by atoms with E-state index in [1.165, 1.54) is 12.2 Å². The summed E-state index contributed by atoms with van der Waals surface area (Å²) < 4.78 is 9.56. The summed E-state index contributed by atoms with van der Waals surface area (Å²) in [5.74, 6) is -1.36. The lowest BCUT2D eigenvalue weighted by atomic mass is 10.1. The van der Waals surface area contributed by atoms with Gasteiger partial charge in [-0.05, 0) is 37.1 Å². The molecule has 0 saturated carbocycles. The molecule has 1 aromatic rings. The van der Waals surface area contributed by atoms with Crippen LogP contribution in [0.2, 0.25) is 0 Å². The highest BCUT2D eigenvalue weighted by Crippen LogP contribution is 2.13. The van der Waals surface area contributed by atoms with Crippen LogP contribution in [0.1, 0.15) is 25.0 Å². The fourth-order valence-electron chi connectivity index (χ4n) is 1.71. The first kappa shape index (κ1) is 18.7. The van der Waals surface area contributed by atoms with Crippen molar-refractivity contribution in [2.24, 2.45) is 0 Å². The predicted molar refractivity (Wildman–Crippen MR) is 86.9 cm³/mol. The quantitative estimate of drug-likeness (QED) is 0.453. The first-order chi connectivity index (χ1) is 11.5. The van der Waals surface area contributed by atoms with Crippen molar-refractivity contribution < 1.29 is 19.1 Å². The van der Waals surface area contributed by atoms with Crippen molar-refractivity contribution in [1.82, 2.24) is 0 Å². The van der Waals surface area contributed by atoms with Gasteiger partial charge in [0.15, 0.2) is 0 Å². The normalized spacial score (nSPS) is 11.2. The molecule has 0 saturated heterocycles. The minimum Gasteiger partial charge on any atom is -0.462 e. The van der Waals surface area contributed by atoms with E-state index in [4.69, 9.17) is 20.0 Å². The van der Waals surface area contributed by atoms with Crippen molar-refractivity contribution in [1.29, 1.82) is 10.5 Å². The van der Waals surface area contributed by atoms with Gasteiger partial charge in [0.2, 0.25) is 0 Å². The minimum atomic E-state index is -0.682. The van der Waals surface area contributed by atoms with Crippen molar-refractivity contribution in [2.75, 3.05) is 13.2 Å². The van der Waals surface area contributed by atoms with E-state index in [1.807, 2.05) is 0 Å². The molecule has 0 N–H and O–H groups in total. The molecule has 1 aromatic carbocycles. The van der Waals surface area contributed by atoms with Gasteiger partial charge in [-0.15, -0.1) is 0 Å². The monoisotopic (exact) mass is 324 g/mol. The second-order valence-electron chi connectivity index (χ2n) is 4.45. The molecule has 0 aliphatic rings. The lowest BCUT2D eigenvalue weighted by molar-refractivity contribution is -0.138. The van der Waals surface area contributed by atoms with E-state index in [-0.39, 0.29) is 24.4 Å². The van der Waals surface area contributed by atoms with Crippen LogP contribution >= 0.6 is 0 Å². The molecule has 0 fully saturated rings. The van der Waals surface area contributed by atoms with Crippen LogP contribution < -0.4 is 0 Å². The molecule has 24 heavy (non-hydrogen) atoms. The molecule has 0 atom stereocenters. The fourth-order valence-corrected chi connectivity index (χ4v) is 1.71. The van der Waals surface area contributed by atoms with Gasteiger partial charge in [-0.2, -0.15) is 10.5 Å². The number of carbonyl (C=O) groups is 2.